The molecule has 5 nitrogen and oxygen atoms in total. The van der Waals surface area contributed by atoms with E-state index in [0.29, 0.717) is 6.42 Å². The number of aromatic nitrogens is 1. The maximum absolute atomic E-state index is 11.7. The van der Waals surface area contributed by atoms with Gasteiger partial charge in [0.15, 0.2) is 0 Å². The van der Waals surface area contributed by atoms with Crippen LogP contribution in [0.3, 0.4) is 0 Å². The number of aliphatic carboxylic acids is 1. The highest BCUT2D eigenvalue weighted by molar-refractivity contribution is 6.05. The van der Waals surface area contributed by atoms with Crippen LogP contribution in [0.15, 0.2) is 23.2 Å². The van der Waals surface area contributed by atoms with Crippen LogP contribution in [0, 0.1) is 5.92 Å². The summed E-state index contributed by atoms with van der Waals surface area (Å²) < 4.78 is 5.35. The van der Waals surface area contributed by atoms with Crippen LogP contribution < -0.4 is 4.74 Å². The number of aliphatic imine (C=N–C) groups is 1. The Balaban J connectivity index is 1.92. The van der Waals surface area contributed by atoms with Crippen molar-refractivity contribution in [1.82, 2.24) is 4.98 Å². The van der Waals surface area contributed by atoms with Gasteiger partial charge in [0.1, 0.15) is 5.75 Å². The average Bonchev–Trinajstić information content (AvgIpc) is 2.67. The van der Waals surface area contributed by atoms with E-state index in [2.05, 4.69) is 0 Å². The standard InChI is InChI=1S/C21H24N2O3/c1-26-13-10-11-15-19(12-13)22-17-8-4-2-6-14(17)20(15)23-18-9-5-3-7-16(18)21(24)25/h10-12,16H,2-9H2,1H3,(H,24,25). The Bertz CT molecular complexity index is 888. The summed E-state index contributed by atoms with van der Waals surface area (Å²) in [5.41, 5.74) is 4.96. The first kappa shape index (κ1) is 17.0. The molecule has 1 aromatic heterocycles. The number of nitrogens with zero attached hydrogens (tertiary/aromatic N) is 2. The monoisotopic (exact) mass is 352 g/mol. The smallest absolute Gasteiger partial charge is 0.312 e. The SMILES string of the molecule is COc1ccc2c(N=C3CCCCC3C(=O)O)c3c(nc2c1)CCCC3. The lowest BCUT2D eigenvalue weighted by molar-refractivity contribution is -0.139. The Morgan fingerprint density at radius 3 is 2.81 bits per heavy atom. The van der Waals surface area contributed by atoms with E-state index in [0.717, 1.165) is 78.7 Å². The molecule has 1 saturated carbocycles. The molecule has 1 heterocycles. The first-order chi connectivity index (χ1) is 12.7. The van der Waals surface area contributed by atoms with E-state index in [1.807, 2.05) is 18.2 Å². The molecule has 0 amide bonds. The van der Waals surface area contributed by atoms with Gasteiger partial charge >= 0.3 is 5.97 Å². The molecule has 1 fully saturated rings. The Morgan fingerprint density at radius 2 is 2.00 bits per heavy atom. The lowest BCUT2D eigenvalue weighted by atomic mass is 9.86. The van der Waals surface area contributed by atoms with Gasteiger partial charge in [-0.1, -0.05) is 6.42 Å². The zero-order valence-electron chi connectivity index (χ0n) is 15.1. The lowest BCUT2D eigenvalue weighted by Crippen LogP contribution is -2.27. The third-order valence-electron chi connectivity index (χ3n) is 5.57. The van der Waals surface area contributed by atoms with Crippen molar-refractivity contribution in [3.63, 3.8) is 0 Å². The number of rotatable bonds is 3. The van der Waals surface area contributed by atoms with Crippen molar-refractivity contribution < 1.29 is 14.6 Å². The molecule has 1 atom stereocenters. The van der Waals surface area contributed by atoms with E-state index in [9.17, 15) is 9.90 Å². The van der Waals surface area contributed by atoms with Crippen LogP contribution in [0.5, 0.6) is 5.75 Å². The number of pyridine rings is 1. The van der Waals surface area contributed by atoms with Crippen LogP contribution >= 0.6 is 0 Å². The van der Waals surface area contributed by atoms with Gasteiger partial charge in [-0.3, -0.25) is 14.8 Å². The summed E-state index contributed by atoms with van der Waals surface area (Å²) in [4.78, 5) is 21.5. The van der Waals surface area contributed by atoms with E-state index in [1.165, 1.54) is 5.56 Å². The van der Waals surface area contributed by atoms with Crippen LogP contribution in [-0.2, 0) is 17.6 Å². The van der Waals surface area contributed by atoms with Gasteiger partial charge < -0.3 is 9.84 Å². The van der Waals surface area contributed by atoms with E-state index in [-0.39, 0.29) is 0 Å². The van der Waals surface area contributed by atoms with Crippen molar-refractivity contribution in [2.45, 2.75) is 51.4 Å². The molecular formula is C21H24N2O3. The fourth-order valence-electron chi connectivity index (χ4n) is 4.17. The summed E-state index contributed by atoms with van der Waals surface area (Å²) in [5, 5.41) is 10.6. The second-order valence-electron chi connectivity index (χ2n) is 7.22. The molecule has 2 aliphatic carbocycles. The average molecular weight is 352 g/mol. The molecule has 26 heavy (non-hydrogen) atoms. The van der Waals surface area contributed by atoms with Crippen LogP contribution in [0.2, 0.25) is 0 Å². The Morgan fingerprint density at radius 1 is 1.19 bits per heavy atom. The number of hydrogen-bond acceptors (Lipinski definition) is 4. The topological polar surface area (TPSA) is 71.8 Å². The third-order valence-corrected chi connectivity index (χ3v) is 5.57. The molecule has 2 aliphatic rings. The lowest BCUT2D eigenvalue weighted by Gasteiger charge is -2.23. The van der Waals surface area contributed by atoms with E-state index < -0.39 is 11.9 Å². The number of aryl methyl sites for hydroxylation is 1. The van der Waals surface area contributed by atoms with Crippen molar-refractivity contribution in [2.24, 2.45) is 10.9 Å². The number of carbonyl (C=O) groups is 1. The summed E-state index contributed by atoms with van der Waals surface area (Å²) in [7, 11) is 1.65. The molecular weight excluding hydrogens is 328 g/mol. The number of carboxylic acid groups (broad SMARTS) is 1. The van der Waals surface area contributed by atoms with Crippen LogP contribution in [0.4, 0.5) is 5.69 Å². The van der Waals surface area contributed by atoms with Gasteiger partial charge in [-0.25, -0.2) is 0 Å². The van der Waals surface area contributed by atoms with E-state index in [1.54, 1.807) is 7.11 Å². The highest BCUT2D eigenvalue weighted by atomic mass is 16.5. The molecule has 0 radical (unpaired) electrons. The largest absolute Gasteiger partial charge is 0.497 e. The normalized spacial score (nSPS) is 21.6. The van der Waals surface area contributed by atoms with Crippen LogP contribution in [-0.4, -0.2) is 28.9 Å². The fraction of sp³-hybridized carbons (Fsp3) is 0.476. The molecule has 1 unspecified atom stereocenters. The molecule has 4 rings (SSSR count). The van der Waals surface area contributed by atoms with Crippen molar-refractivity contribution in [1.29, 1.82) is 0 Å². The van der Waals surface area contributed by atoms with E-state index >= 15 is 0 Å². The van der Waals surface area contributed by atoms with Crippen LogP contribution in [0.25, 0.3) is 10.9 Å². The maximum Gasteiger partial charge on any atom is 0.312 e. The molecule has 2 aromatic rings. The minimum atomic E-state index is -0.752. The Kier molecular flexibility index (Phi) is 4.62. The van der Waals surface area contributed by atoms with Gasteiger partial charge in [-0.15, -0.1) is 0 Å². The van der Waals surface area contributed by atoms with Crippen LogP contribution in [0.1, 0.15) is 49.8 Å². The van der Waals surface area contributed by atoms with Crippen molar-refractivity contribution in [3.8, 4) is 5.75 Å². The number of methoxy groups -OCH3 is 1. The molecule has 1 N–H and O–H groups in total. The Hall–Kier alpha value is -2.43. The quantitative estimate of drug-likeness (QED) is 0.884. The maximum atomic E-state index is 11.7. The molecule has 136 valence electrons. The highest BCUT2D eigenvalue weighted by Gasteiger charge is 2.28. The first-order valence-corrected chi connectivity index (χ1v) is 9.47. The number of ether oxygens (including phenoxy) is 1. The number of fused-ring (bicyclic) bond motifs is 2. The fourth-order valence-corrected chi connectivity index (χ4v) is 4.17. The number of hydrogen-bond donors (Lipinski definition) is 1. The number of carboxylic acids is 1. The highest BCUT2D eigenvalue weighted by Crippen LogP contribution is 2.38. The molecule has 1 aromatic carbocycles. The second kappa shape index (κ2) is 7.06. The third kappa shape index (κ3) is 3.06. The zero-order chi connectivity index (χ0) is 18.1. The minimum absolute atomic E-state index is 0.454. The summed E-state index contributed by atoms with van der Waals surface area (Å²) in [6.45, 7) is 0. The van der Waals surface area contributed by atoms with Gasteiger partial charge in [0.25, 0.3) is 0 Å². The predicted octanol–water partition coefficient (Wildman–Crippen LogP) is 4.47. The molecule has 5 heteroatoms. The first-order valence-electron chi connectivity index (χ1n) is 9.47. The molecule has 0 saturated heterocycles. The number of benzene rings is 1. The van der Waals surface area contributed by atoms with Gasteiger partial charge in [0.05, 0.1) is 24.2 Å². The van der Waals surface area contributed by atoms with Gasteiger partial charge in [-0.05, 0) is 62.6 Å². The summed E-state index contributed by atoms with van der Waals surface area (Å²) in [5.74, 6) is -0.428. The Labute approximate surface area is 153 Å². The summed E-state index contributed by atoms with van der Waals surface area (Å²) >= 11 is 0. The minimum Gasteiger partial charge on any atom is -0.497 e. The molecule has 0 spiro atoms. The molecule has 0 bridgehead atoms. The van der Waals surface area contributed by atoms with Crippen molar-refractivity contribution >= 4 is 28.3 Å². The zero-order valence-corrected chi connectivity index (χ0v) is 15.1. The van der Waals surface area contributed by atoms with Gasteiger partial charge in [0, 0.05) is 22.9 Å². The van der Waals surface area contributed by atoms with Gasteiger partial charge in [-0.2, -0.15) is 0 Å². The summed E-state index contributed by atoms with van der Waals surface area (Å²) in [6.07, 6.45) is 7.64. The second-order valence-corrected chi connectivity index (χ2v) is 7.22. The van der Waals surface area contributed by atoms with Crippen molar-refractivity contribution in [3.05, 3.63) is 29.5 Å². The summed E-state index contributed by atoms with van der Waals surface area (Å²) in [6, 6.07) is 5.88. The van der Waals surface area contributed by atoms with E-state index in [4.69, 9.17) is 14.7 Å². The predicted molar refractivity (Wildman–Crippen MR) is 102 cm³/mol. The molecule has 0 aliphatic heterocycles. The van der Waals surface area contributed by atoms with Gasteiger partial charge in [0.2, 0.25) is 0 Å². The van der Waals surface area contributed by atoms with Crippen molar-refractivity contribution in [2.75, 3.05) is 7.11 Å².